The maximum atomic E-state index is 12.2. The summed E-state index contributed by atoms with van der Waals surface area (Å²) < 4.78 is 10.9. The first-order chi connectivity index (χ1) is 12.3. The van der Waals surface area contributed by atoms with Crippen molar-refractivity contribution in [1.82, 2.24) is 5.43 Å². The summed E-state index contributed by atoms with van der Waals surface area (Å²) in [6.45, 7) is 7.22. The van der Waals surface area contributed by atoms with E-state index >= 15 is 0 Å². The number of fused-ring (bicyclic) bond motifs is 1. The summed E-state index contributed by atoms with van der Waals surface area (Å²) in [5.41, 5.74) is 4.43. The second-order valence-corrected chi connectivity index (χ2v) is 7.08. The van der Waals surface area contributed by atoms with Gasteiger partial charge in [-0.25, -0.2) is 5.43 Å². The van der Waals surface area contributed by atoms with Crippen molar-refractivity contribution in [3.05, 3.63) is 53.1 Å². The number of hydrogen-bond donors (Lipinski definition) is 2. The number of ether oxygens (including phenoxy) is 2. The predicted octanol–water partition coefficient (Wildman–Crippen LogP) is 3.22. The molecule has 0 atom stereocenters. The third-order valence-corrected chi connectivity index (χ3v) is 4.07. The second kappa shape index (κ2) is 7.07. The van der Waals surface area contributed by atoms with E-state index in [0.29, 0.717) is 35.8 Å². The molecule has 3 rings (SSSR count). The predicted molar refractivity (Wildman–Crippen MR) is 99.3 cm³/mol. The van der Waals surface area contributed by atoms with Gasteiger partial charge in [0, 0.05) is 11.1 Å². The summed E-state index contributed by atoms with van der Waals surface area (Å²) in [6.07, 6.45) is 1.43. The Balaban J connectivity index is 1.71. The number of nitrogens with one attached hydrogen (secondary N) is 1. The van der Waals surface area contributed by atoms with E-state index in [1.807, 2.05) is 12.1 Å². The molecule has 0 aliphatic carbocycles. The Bertz CT molecular complexity index is 853. The number of phenolic OH excluding ortho intramolecular Hbond substituents is 1. The van der Waals surface area contributed by atoms with Gasteiger partial charge in [0.1, 0.15) is 19.0 Å². The molecule has 1 amide bonds. The average Bonchev–Trinajstić information content (AvgIpc) is 2.61. The Morgan fingerprint density at radius 2 is 1.85 bits per heavy atom. The number of aromatic hydroxyl groups is 1. The number of phenols is 1. The van der Waals surface area contributed by atoms with Gasteiger partial charge in [0.25, 0.3) is 5.91 Å². The lowest BCUT2D eigenvalue weighted by Crippen LogP contribution is -2.19. The van der Waals surface area contributed by atoms with E-state index in [2.05, 4.69) is 31.3 Å². The molecule has 2 aromatic carbocycles. The molecule has 6 nitrogen and oxygen atoms in total. The van der Waals surface area contributed by atoms with Crippen molar-refractivity contribution in [3.63, 3.8) is 0 Å². The van der Waals surface area contributed by atoms with E-state index in [1.165, 1.54) is 6.21 Å². The van der Waals surface area contributed by atoms with Gasteiger partial charge in [0.15, 0.2) is 11.5 Å². The first-order valence-corrected chi connectivity index (χ1v) is 8.41. The van der Waals surface area contributed by atoms with Crippen molar-refractivity contribution in [2.24, 2.45) is 5.10 Å². The number of carbonyl (C=O) groups excluding carboxylic acids is 1. The molecule has 1 heterocycles. The highest BCUT2D eigenvalue weighted by atomic mass is 16.6. The van der Waals surface area contributed by atoms with Crippen molar-refractivity contribution < 1.29 is 19.4 Å². The largest absolute Gasteiger partial charge is 0.507 e. The molecule has 0 spiro atoms. The zero-order valence-electron chi connectivity index (χ0n) is 15.1. The Labute approximate surface area is 152 Å². The monoisotopic (exact) mass is 354 g/mol. The number of carbonyl (C=O) groups is 1. The normalized spacial score (nSPS) is 13.7. The van der Waals surface area contributed by atoms with Crippen LogP contribution in [0.3, 0.4) is 0 Å². The van der Waals surface area contributed by atoms with Crippen molar-refractivity contribution in [2.45, 2.75) is 26.2 Å². The Hall–Kier alpha value is -3.02. The Morgan fingerprint density at radius 3 is 2.58 bits per heavy atom. The smallest absolute Gasteiger partial charge is 0.271 e. The van der Waals surface area contributed by atoms with Crippen LogP contribution in [0, 0.1) is 0 Å². The van der Waals surface area contributed by atoms with Gasteiger partial charge in [-0.2, -0.15) is 5.10 Å². The number of hydrogen-bond acceptors (Lipinski definition) is 5. The molecule has 0 fully saturated rings. The van der Waals surface area contributed by atoms with Gasteiger partial charge in [0.05, 0.1) is 6.21 Å². The fourth-order valence-corrected chi connectivity index (χ4v) is 2.53. The van der Waals surface area contributed by atoms with Crippen LogP contribution in [-0.4, -0.2) is 30.4 Å². The van der Waals surface area contributed by atoms with Gasteiger partial charge in [0.2, 0.25) is 0 Å². The van der Waals surface area contributed by atoms with Crippen LogP contribution in [0.5, 0.6) is 17.2 Å². The van der Waals surface area contributed by atoms with Gasteiger partial charge >= 0.3 is 0 Å². The van der Waals surface area contributed by atoms with Gasteiger partial charge in [-0.1, -0.05) is 26.8 Å². The third kappa shape index (κ3) is 3.96. The first-order valence-electron chi connectivity index (χ1n) is 8.41. The minimum Gasteiger partial charge on any atom is -0.507 e. The molecule has 0 saturated heterocycles. The fourth-order valence-electron chi connectivity index (χ4n) is 2.53. The molecule has 0 bridgehead atoms. The number of hydrazone groups is 1. The molecule has 136 valence electrons. The van der Waals surface area contributed by atoms with Gasteiger partial charge in [-0.15, -0.1) is 0 Å². The van der Waals surface area contributed by atoms with Crippen LogP contribution in [-0.2, 0) is 5.41 Å². The minimum atomic E-state index is -0.371. The number of amides is 1. The molecule has 0 radical (unpaired) electrons. The maximum absolute atomic E-state index is 12.2. The molecular formula is C20H22N2O4. The fraction of sp³-hybridized carbons (Fsp3) is 0.300. The zero-order valence-corrected chi connectivity index (χ0v) is 15.1. The minimum absolute atomic E-state index is 0.0509. The lowest BCUT2D eigenvalue weighted by molar-refractivity contribution is 0.0954. The van der Waals surface area contributed by atoms with Crippen LogP contribution in [0.2, 0.25) is 0 Å². The van der Waals surface area contributed by atoms with E-state index in [4.69, 9.17) is 9.47 Å². The Morgan fingerprint density at radius 1 is 1.12 bits per heavy atom. The Kier molecular flexibility index (Phi) is 4.84. The second-order valence-electron chi connectivity index (χ2n) is 7.08. The summed E-state index contributed by atoms with van der Waals surface area (Å²) in [5.74, 6) is 0.906. The average molecular weight is 354 g/mol. The summed E-state index contributed by atoms with van der Waals surface area (Å²) >= 11 is 0. The molecule has 6 heteroatoms. The first kappa shape index (κ1) is 17.8. The summed E-state index contributed by atoms with van der Waals surface area (Å²) in [6, 6.07) is 10.3. The quantitative estimate of drug-likeness (QED) is 0.655. The number of rotatable bonds is 3. The maximum Gasteiger partial charge on any atom is 0.271 e. The standard InChI is InChI=1S/C20H22N2O4/c1-20(2,3)15-5-6-16(23)14(10-15)12-21-22-19(24)13-4-7-17-18(11-13)26-9-8-25-17/h4-7,10-12,23H,8-9H2,1-3H3,(H,22,24)/b21-12+. The molecule has 0 aromatic heterocycles. The van der Waals surface area contributed by atoms with Crippen molar-refractivity contribution in [1.29, 1.82) is 0 Å². The van der Waals surface area contributed by atoms with Crippen LogP contribution in [0.15, 0.2) is 41.5 Å². The molecule has 26 heavy (non-hydrogen) atoms. The molecule has 2 N–H and O–H groups in total. The molecular weight excluding hydrogens is 332 g/mol. The molecule has 0 saturated carbocycles. The highest BCUT2D eigenvalue weighted by molar-refractivity contribution is 5.95. The SMILES string of the molecule is CC(C)(C)c1ccc(O)c(/C=N/NC(=O)c2ccc3c(c2)OCCO3)c1. The summed E-state index contributed by atoms with van der Waals surface area (Å²) in [4.78, 5) is 12.2. The van der Waals surface area contributed by atoms with Crippen LogP contribution in [0.4, 0.5) is 0 Å². The van der Waals surface area contributed by atoms with Crippen LogP contribution < -0.4 is 14.9 Å². The van der Waals surface area contributed by atoms with Crippen molar-refractivity contribution >= 4 is 12.1 Å². The molecule has 2 aromatic rings. The lowest BCUT2D eigenvalue weighted by atomic mass is 9.86. The van der Waals surface area contributed by atoms with Crippen LogP contribution >= 0.6 is 0 Å². The highest BCUT2D eigenvalue weighted by Crippen LogP contribution is 2.30. The van der Waals surface area contributed by atoms with Gasteiger partial charge in [-0.3, -0.25) is 4.79 Å². The van der Waals surface area contributed by atoms with Crippen molar-refractivity contribution in [2.75, 3.05) is 13.2 Å². The molecule has 1 aliphatic rings. The highest BCUT2D eigenvalue weighted by Gasteiger charge is 2.16. The zero-order chi connectivity index (χ0) is 18.7. The van der Waals surface area contributed by atoms with E-state index < -0.39 is 0 Å². The number of benzene rings is 2. The van der Waals surface area contributed by atoms with E-state index in [1.54, 1.807) is 24.3 Å². The summed E-state index contributed by atoms with van der Waals surface area (Å²) in [5, 5.41) is 13.9. The lowest BCUT2D eigenvalue weighted by Gasteiger charge is -2.19. The van der Waals surface area contributed by atoms with E-state index in [0.717, 1.165) is 5.56 Å². The van der Waals surface area contributed by atoms with Crippen LogP contribution in [0.1, 0.15) is 42.3 Å². The molecule has 1 aliphatic heterocycles. The van der Waals surface area contributed by atoms with Gasteiger partial charge < -0.3 is 14.6 Å². The number of nitrogens with zero attached hydrogens (tertiary/aromatic N) is 1. The summed E-state index contributed by atoms with van der Waals surface area (Å²) in [7, 11) is 0. The molecule has 0 unspecified atom stereocenters. The van der Waals surface area contributed by atoms with E-state index in [9.17, 15) is 9.90 Å². The van der Waals surface area contributed by atoms with Crippen LogP contribution in [0.25, 0.3) is 0 Å². The topological polar surface area (TPSA) is 80.2 Å². The van der Waals surface area contributed by atoms with Crippen molar-refractivity contribution in [3.8, 4) is 17.2 Å². The van der Waals surface area contributed by atoms with E-state index in [-0.39, 0.29) is 17.1 Å². The van der Waals surface area contributed by atoms with Gasteiger partial charge in [-0.05, 0) is 41.3 Å². The third-order valence-electron chi connectivity index (χ3n) is 4.07.